The molecule has 0 amide bonds. The molecule has 7 heteroatoms. The van der Waals surface area contributed by atoms with Crippen LogP contribution in [0.5, 0.6) is 0 Å². The molecular weight excluding hydrogens is 228 g/mol. The van der Waals surface area contributed by atoms with Gasteiger partial charge in [-0.25, -0.2) is 18.1 Å². The summed E-state index contributed by atoms with van der Waals surface area (Å²) < 4.78 is 26.1. The van der Waals surface area contributed by atoms with E-state index in [0.29, 0.717) is 6.54 Å². The maximum atomic E-state index is 11.8. The number of hydrogen-bond donors (Lipinski definition) is 3. The van der Waals surface area contributed by atoms with Crippen molar-refractivity contribution in [2.75, 3.05) is 13.1 Å². The van der Waals surface area contributed by atoms with Gasteiger partial charge >= 0.3 is 0 Å². The van der Waals surface area contributed by atoms with E-state index in [0.717, 1.165) is 19.4 Å². The summed E-state index contributed by atoms with van der Waals surface area (Å²) in [6, 6.07) is 0. The van der Waals surface area contributed by atoms with Crippen LogP contribution < -0.4 is 10.0 Å². The number of nitrogens with one attached hydrogen (secondary N) is 3. The molecule has 0 saturated carbocycles. The molecule has 1 aliphatic rings. The molecule has 0 bridgehead atoms. The number of rotatable bonds is 4. The first-order chi connectivity index (χ1) is 7.52. The number of aromatic nitrogens is 2. The lowest BCUT2D eigenvalue weighted by Gasteiger charge is -2.24. The van der Waals surface area contributed by atoms with Crippen LogP contribution in [0.25, 0.3) is 0 Å². The van der Waals surface area contributed by atoms with Crippen LogP contribution in [0, 0.1) is 0 Å². The topological polar surface area (TPSA) is 86.9 Å². The fraction of sp³-hybridized carbons (Fsp3) is 0.667. The van der Waals surface area contributed by atoms with Crippen molar-refractivity contribution in [3.63, 3.8) is 0 Å². The van der Waals surface area contributed by atoms with Gasteiger partial charge in [0, 0.05) is 12.1 Å². The summed E-state index contributed by atoms with van der Waals surface area (Å²) in [5.41, 5.74) is -0.132. The van der Waals surface area contributed by atoms with Gasteiger partial charge in [-0.2, -0.15) is 0 Å². The smallest absolute Gasteiger partial charge is 0.257 e. The number of imidazole rings is 1. The van der Waals surface area contributed by atoms with Gasteiger partial charge in [0.05, 0.1) is 12.5 Å². The predicted molar refractivity (Wildman–Crippen MR) is 59.4 cm³/mol. The Morgan fingerprint density at radius 1 is 1.62 bits per heavy atom. The van der Waals surface area contributed by atoms with Crippen molar-refractivity contribution in [3.8, 4) is 0 Å². The first-order valence-electron chi connectivity index (χ1n) is 5.25. The molecule has 0 aromatic carbocycles. The predicted octanol–water partition coefficient (Wildman–Crippen LogP) is -0.170. The van der Waals surface area contributed by atoms with Crippen LogP contribution in [0.4, 0.5) is 0 Å². The number of aromatic amines is 1. The summed E-state index contributed by atoms with van der Waals surface area (Å²) in [6.07, 6.45) is 4.72. The highest BCUT2D eigenvalue weighted by Crippen LogP contribution is 2.17. The average Bonchev–Trinajstić information content (AvgIpc) is 2.86. The van der Waals surface area contributed by atoms with Crippen molar-refractivity contribution in [2.24, 2.45) is 0 Å². The third-order valence-corrected chi connectivity index (χ3v) is 4.20. The molecule has 1 saturated heterocycles. The largest absolute Gasteiger partial charge is 0.335 e. The molecule has 0 radical (unpaired) electrons. The fourth-order valence-electron chi connectivity index (χ4n) is 1.83. The van der Waals surface area contributed by atoms with Crippen LogP contribution in [0.15, 0.2) is 17.6 Å². The van der Waals surface area contributed by atoms with Crippen LogP contribution in [0.3, 0.4) is 0 Å². The van der Waals surface area contributed by atoms with Gasteiger partial charge < -0.3 is 10.3 Å². The average molecular weight is 244 g/mol. The summed E-state index contributed by atoms with van der Waals surface area (Å²) in [6.45, 7) is 3.37. The van der Waals surface area contributed by atoms with Gasteiger partial charge in [-0.1, -0.05) is 0 Å². The quantitative estimate of drug-likeness (QED) is 0.686. The molecule has 1 aliphatic heterocycles. The summed E-state index contributed by atoms with van der Waals surface area (Å²) in [7, 11) is -3.45. The Kier molecular flexibility index (Phi) is 3.00. The number of H-pyrrole nitrogens is 1. The van der Waals surface area contributed by atoms with E-state index in [1.807, 2.05) is 6.92 Å². The minimum atomic E-state index is -3.45. The van der Waals surface area contributed by atoms with Crippen molar-refractivity contribution in [1.29, 1.82) is 0 Å². The molecule has 1 atom stereocenters. The monoisotopic (exact) mass is 244 g/mol. The minimum absolute atomic E-state index is 0.106. The van der Waals surface area contributed by atoms with Crippen LogP contribution in [0.2, 0.25) is 0 Å². The second-order valence-corrected chi connectivity index (χ2v) is 6.07. The Hall–Kier alpha value is -0.920. The highest BCUT2D eigenvalue weighted by Gasteiger charge is 2.29. The first kappa shape index (κ1) is 11.6. The molecule has 0 aliphatic carbocycles. The van der Waals surface area contributed by atoms with Gasteiger partial charge in [0.25, 0.3) is 10.0 Å². The molecule has 16 heavy (non-hydrogen) atoms. The SMILES string of the molecule is CC1(CNS(=O)(=O)c2cnc[nH]2)CCCN1. The van der Waals surface area contributed by atoms with E-state index in [2.05, 4.69) is 20.0 Å². The molecule has 1 unspecified atom stereocenters. The Bertz CT molecular complexity index is 434. The van der Waals surface area contributed by atoms with Crippen molar-refractivity contribution in [3.05, 3.63) is 12.5 Å². The van der Waals surface area contributed by atoms with Crippen LogP contribution in [-0.4, -0.2) is 37.0 Å². The second kappa shape index (κ2) is 4.15. The molecule has 0 spiro atoms. The van der Waals surface area contributed by atoms with Crippen LogP contribution >= 0.6 is 0 Å². The molecule has 3 N–H and O–H groups in total. The summed E-state index contributed by atoms with van der Waals surface area (Å²) >= 11 is 0. The van der Waals surface area contributed by atoms with Gasteiger partial charge in [-0.3, -0.25) is 0 Å². The molecule has 6 nitrogen and oxygen atoms in total. The molecule has 1 aromatic rings. The summed E-state index contributed by atoms with van der Waals surface area (Å²) in [4.78, 5) is 6.28. The summed E-state index contributed by atoms with van der Waals surface area (Å²) in [5, 5.41) is 3.40. The molecule has 1 aromatic heterocycles. The lowest BCUT2D eigenvalue weighted by molar-refractivity contribution is 0.409. The standard InChI is InChI=1S/C9H16N4O2S/c1-9(3-2-4-12-9)6-13-16(14,15)8-5-10-7-11-8/h5,7,12-13H,2-4,6H2,1H3,(H,10,11). The molecule has 90 valence electrons. The van der Waals surface area contributed by atoms with Crippen molar-refractivity contribution < 1.29 is 8.42 Å². The molecule has 1 fully saturated rings. The number of hydrogen-bond acceptors (Lipinski definition) is 4. The van der Waals surface area contributed by atoms with E-state index in [1.54, 1.807) is 0 Å². The van der Waals surface area contributed by atoms with Crippen molar-refractivity contribution in [1.82, 2.24) is 20.0 Å². The van der Waals surface area contributed by atoms with Crippen molar-refractivity contribution >= 4 is 10.0 Å². The Morgan fingerprint density at radius 2 is 2.44 bits per heavy atom. The first-order valence-corrected chi connectivity index (χ1v) is 6.73. The zero-order chi connectivity index (χ0) is 11.6. The zero-order valence-corrected chi connectivity index (χ0v) is 9.97. The van der Waals surface area contributed by atoms with Gasteiger partial charge in [-0.15, -0.1) is 0 Å². The van der Waals surface area contributed by atoms with E-state index in [9.17, 15) is 8.42 Å². The molecule has 2 rings (SSSR count). The summed E-state index contributed by atoms with van der Waals surface area (Å²) in [5.74, 6) is 0. The van der Waals surface area contributed by atoms with E-state index in [-0.39, 0.29) is 10.6 Å². The molecular formula is C9H16N4O2S. The van der Waals surface area contributed by atoms with Gasteiger partial charge in [0.2, 0.25) is 0 Å². The Labute approximate surface area is 94.9 Å². The van der Waals surface area contributed by atoms with E-state index in [4.69, 9.17) is 0 Å². The zero-order valence-electron chi connectivity index (χ0n) is 9.16. The third-order valence-electron chi connectivity index (χ3n) is 2.87. The maximum absolute atomic E-state index is 11.8. The highest BCUT2D eigenvalue weighted by molar-refractivity contribution is 7.89. The Balaban J connectivity index is 2.00. The van der Waals surface area contributed by atoms with Gasteiger partial charge in [0.1, 0.15) is 0 Å². The van der Waals surface area contributed by atoms with E-state index >= 15 is 0 Å². The Morgan fingerprint density at radius 3 is 3.00 bits per heavy atom. The van der Waals surface area contributed by atoms with Gasteiger partial charge in [-0.05, 0) is 26.3 Å². The van der Waals surface area contributed by atoms with Crippen LogP contribution in [0.1, 0.15) is 19.8 Å². The second-order valence-electron chi connectivity index (χ2n) is 4.33. The number of nitrogens with zero attached hydrogens (tertiary/aromatic N) is 1. The normalized spacial score (nSPS) is 26.1. The lowest BCUT2D eigenvalue weighted by Crippen LogP contribution is -2.47. The van der Waals surface area contributed by atoms with E-state index in [1.165, 1.54) is 12.5 Å². The van der Waals surface area contributed by atoms with E-state index < -0.39 is 10.0 Å². The van der Waals surface area contributed by atoms with Gasteiger partial charge in [0.15, 0.2) is 5.03 Å². The lowest BCUT2D eigenvalue weighted by atomic mass is 10.0. The maximum Gasteiger partial charge on any atom is 0.257 e. The fourth-order valence-corrected chi connectivity index (χ4v) is 2.90. The van der Waals surface area contributed by atoms with Crippen molar-refractivity contribution in [2.45, 2.75) is 30.3 Å². The number of sulfonamides is 1. The third kappa shape index (κ3) is 2.42. The van der Waals surface area contributed by atoms with Crippen LogP contribution in [-0.2, 0) is 10.0 Å². The highest BCUT2D eigenvalue weighted by atomic mass is 32.2. The minimum Gasteiger partial charge on any atom is -0.335 e. The molecule has 2 heterocycles.